The van der Waals surface area contributed by atoms with E-state index in [4.69, 9.17) is 0 Å². The van der Waals surface area contributed by atoms with Gasteiger partial charge in [0.25, 0.3) is 0 Å². The summed E-state index contributed by atoms with van der Waals surface area (Å²) < 4.78 is 103. The summed E-state index contributed by atoms with van der Waals surface area (Å²) in [5, 5.41) is 0. The summed E-state index contributed by atoms with van der Waals surface area (Å²) in [6.07, 6.45) is -4.71. The molecule has 0 atom stereocenters. The minimum atomic E-state index is -5.07. The maximum absolute atomic E-state index is 12.9. The number of hydrogen-bond acceptors (Lipinski definition) is 5. The van der Waals surface area contributed by atoms with Gasteiger partial charge in [0, 0.05) is 25.0 Å². The molecule has 2 aromatic rings. The van der Waals surface area contributed by atoms with Gasteiger partial charge in [0.15, 0.2) is 0 Å². The van der Waals surface area contributed by atoms with Crippen molar-refractivity contribution in [2.24, 2.45) is 0 Å². The van der Waals surface area contributed by atoms with Gasteiger partial charge in [-0.3, -0.25) is 4.55 Å². The van der Waals surface area contributed by atoms with Crippen LogP contribution in [0, 0.1) is 0 Å². The predicted molar refractivity (Wildman–Crippen MR) is 109 cm³/mol. The minimum absolute atomic E-state index is 0.0524. The van der Waals surface area contributed by atoms with Gasteiger partial charge in [-0.05, 0) is 30.5 Å². The molecule has 1 aliphatic heterocycles. The van der Waals surface area contributed by atoms with Crippen molar-refractivity contribution >= 4 is 20.3 Å². The maximum atomic E-state index is 12.9. The molecule has 1 fully saturated rings. The molecule has 0 saturated carbocycles. The lowest BCUT2D eigenvalue weighted by Gasteiger charge is -2.41. The highest BCUT2D eigenvalue weighted by molar-refractivity contribution is 7.89. The third kappa shape index (κ3) is 5.78. The molecule has 8 nitrogen and oxygen atoms in total. The third-order valence-electron chi connectivity index (χ3n) is 5.36. The van der Waals surface area contributed by atoms with E-state index >= 15 is 0 Å². The SMILES string of the molecule is O=S(=O)(NCC1(c2ccccc2)CCN(S(=O)(=O)O)CC1)c1ccccc1OC(F)(F)F. The minimum Gasteiger partial charge on any atom is -0.404 e. The Kier molecular flexibility index (Phi) is 6.86. The zero-order valence-corrected chi connectivity index (χ0v) is 18.3. The van der Waals surface area contributed by atoms with Crippen LogP contribution in [0.1, 0.15) is 18.4 Å². The molecule has 1 saturated heterocycles. The van der Waals surface area contributed by atoms with Crippen LogP contribution in [0.5, 0.6) is 5.75 Å². The fourth-order valence-corrected chi connectivity index (χ4v) is 5.59. The number of nitrogens with one attached hydrogen (secondary N) is 1. The Morgan fingerprint density at radius 1 is 0.969 bits per heavy atom. The number of piperidine rings is 1. The molecule has 0 bridgehead atoms. The van der Waals surface area contributed by atoms with Crippen molar-refractivity contribution in [2.75, 3.05) is 19.6 Å². The third-order valence-corrected chi connectivity index (χ3v) is 7.82. The van der Waals surface area contributed by atoms with Crippen molar-refractivity contribution in [3.8, 4) is 5.75 Å². The van der Waals surface area contributed by atoms with E-state index in [9.17, 15) is 34.6 Å². The normalized spacial score (nSPS) is 17.8. The Bertz CT molecular complexity index is 1150. The molecule has 0 aromatic heterocycles. The van der Waals surface area contributed by atoms with Crippen molar-refractivity contribution in [2.45, 2.75) is 29.5 Å². The molecule has 0 unspecified atom stereocenters. The van der Waals surface area contributed by atoms with Crippen LogP contribution in [0.2, 0.25) is 0 Å². The predicted octanol–water partition coefficient (Wildman–Crippen LogP) is 2.70. The van der Waals surface area contributed by atoms with Crippen LogP contribution in [-0.4, -0.2) is 51.7 Å². The van der Waals surface area contributed by atoms with Crippen LogP contribution in [0.4, 0.5) is 13.2 Å². The highest BCUT2D eigenvalue weighted by Gasteiger charge is 2.40. The number of alkyl halides is 3. The number of nitrogens with zero attached hydrogens (tertiary/aromatic N) is 1. The van der Waals surface area contributed by atoms with Gasteiger partial charge in [-0.15, -0.1) is 13.2 Å². The molecule has 176 valence electrons. The van der Waals surface area contributed by atoms with E-state index in [0.29, 0.717) is 0 Å². The molecular weight excluding hydrogens is 473 g/mol. The van der Waals surface area contributed by atoms with Crippen LogP contribution < -0.4 is 9.46 Å². The van der Waals surface area contributed by atoms with E-state index in [0.717, 1.165) is 22.0 Å². The lowest BCUT2D eigenvalue weighted by atomic mass is 9.73. The van der Waals surface area contributed by atoms with Crippen LogP contribution >= 0.6 is 0 Å². The second-order valence-corrected chi connectivity index (χ2v) is 10.5. The van der Waals surface area contributed by atoms with Gasteiger partial charge >= 0.3 is 16.7 Å². The summed E-state index contributed by atoms with van der Waals surface area (Å²) in [4.78, 5) is -0.670. The lowest BCUT2D eigenvalue weighted by molar-refractivity contribution is -0.275. The fraction of sp³-hybridized carbons (Fsp3) is 0.368. The van der Waals surface area contributed by atoms with Crippen molar-refractivity contribution in [1.82, 2.24) is 9.03 Å². The Balaban J connectivity index is 1.88. The molecule has 2 N–H and O–H groups in total. The largest absolute Gasteiger partial charge is 0.573 e. The van der Waals surface area contributed by atoms with Crippen molar-refractivity contribution in [3.63, 3.8) is 0 Å². The molecule has 1 heterocycles. The summed E-state index contributed by atoms with van der Waals surface area (Å²) in [5.41, 5.74) is -0.104. The van der Waals surface area contributed by atoms with Crippen molar-refractivity contribution in [3.05, 3.63) is 60.2 Å². The number of para-hydroxylation sites is 1. The van der Waals surface area contributed by atoms with Gasteiger partial charge in [0.05, 0.1) is 0 Å². The number of halogens is 3. The number of benzene rings is 2. The van der Waals surface area contributed by atoms with Crippen LogP contribution in [0.3, 0.4) is 0 Å². The molecule has 0 radical (unpaired) electrons. The van der Waals surface area contributed by atoms with E-state index in [1.165, 1.54) is 12.1 Å². The van der Waals surface area contributed by atoms with E-state index in [1.54, 1.807) is 30.3 Å². The smallest absolute Gasteiger partial charge is 0.404 e. The van der Waals surface area contributed by atoms with Gasteiger partial charge in [0.1, 0.15) is 10.6 Å². The summed E-state index contributed by atoms with van der Waals surface area (Å²) in [5.74, 6) is -0.859. The second kappa shape index (κ2) is 8.98. The number of rotatable bonds is 7. The van der Waals surface area contributed by atoms with E-state index in [-0.39, 0.29) is 32.5 Å². The second-order valence-electron chi connectivity index (χ2n) is 7.34. The van der Waals surface area contributed by atoms with E-state index in [1.807, 2.05) is 0 Å². The Hall–Kier alpha value is -2.19. The number of sulfonamides is 1. The monoisotopic (exact) mass is 494 g/mol. The van der Waals surface area contributed by atoms with Crippen LogP contribution in [0.25, 0.3) is 0 Å². The van der Waals surface area contributed by atoms with Gasteiger partial charge in [-0.2, -0.15) is 12.7 Å². The van der Waals surface area contributed by atoms with Gasteiger partial charge in [-0.1, -0.05) is 42.5 Å². The summed E-state index contributed by atoms with van der Waals surface area (Å²) >= 11 is 0. The summed E-state index contributed by atoms with van der Waals surface area (Å²) in [7, 11) is -8.80. The Morgan fingerprint density at radius 3 is 2.09 bits per heavy atom. The Morgan fingerprint density at radius 2 is 1.53 bits per heavy atom. The quantitative estimate of drug-likeness (QED) is 0.573. The summed E-state index contributed by atoms with van der Waals surface area (Å²) in [6, 6.07) is 13.2. The first-order chi connectivity index (χ1) is 14.8. The first-order valence-corrected chi connectivity index (χ1v) is 12.3. The van der Waals surface area contributed by atoms with Crippen LogP contribution in [0.15, 0.2) is 59.5 Å². The molecule has 1 aliphatic rings. The molecule has 13 heteroatoms. The molecular formula is C19H21F3N2O6S2. The zero-order valence-electron chi connectivity index (χ0n) is 16.6. The van der Waals surface area contributed by atoms with Gasteiger partial charge < -0.3 is 4.74 Å². The van der Waals surface area contributed by atoms with Crippen LogP contribution in [-0.2, 0) is 25.7 Å². The average molecular weight is 495 g/mol. The highest BCUT2D eigenvalue weighted by Crippen LogP contribution is 2.36. The topological polar surface area (TPSA) is 113 Å². The number of hydrogen-bond donors (Lipinski definition) is 2. The van der Waals surface area contributed by atoms with Gasteiger partial charge in [0.2, 0.25) is 10.0 Å². The highest BCUT2D eigenvalue weighted by atomic mass is 32.2. The molecule has 3 rings (SSSR count). The van der Waals surface area contributed by atoms with Crippen molar-refractivity contribution in [1.29, 1.82) is 0 Å². The standard InChI is InChI=1S/C19H21F3N2O6S2/c20-19(21,22)30-16-8-4-5-9-17(16)31(25,26)23-14-18(15-6-2-1-3-7-15)10-12-24(13-11-18)32(27,28)29/h1-9,23H,10-14H2,(H,27,28,29). The van der Waals surface area contributed by atoms with Crippen molar-refractivity contribution < 1.29 is 39.3 Å². The number of ether oxygens (including phenoxy) is 1. The molecule has 0 amide bonds. The van der Waals surface area contributed by atoms with E-state index < -0.39 is 42.7 Å². The van der Waals surface area contributed by atoms with Gasteiger partial charge in [-0.25, -0.2) is 13.1 Å². The Labute approximate surface area is 183 Å². The first kappa shape index (κ1) is 24.5. The molecule has 0 spiro atoms. The maximum Gasteiger partial charge on any atom is 0.573 e. The molecule has 2 aromatic carbocycles. The van der Waals surface area contributed by atoms with E-state index in [2.05, 4.69) is 9.46 Å². The lowest BCUT2D eigenvalue weighted by Crippen LogP contribution is -2.50. The molecule has 0 aliphatic carbocycles. The average Bonchev–Trinajstić information content (AvgIpc) is 2.72. The molecule has 32 heavy (non-hydrogen) atoms. The fourth-order valence-electron chi connectivity index (χ4n) is 3.70. The zero-order chi connectivity index (χ0) is 23.6. The summed E-state index contributed by atoms with van der Waals surface area (Å²) in [6.45, 7) is -0.300. The first-order valence-electron chi connectivity index (χ1n) is 9.45.